The number of nitrogens with zero attached hydrogens (tertiary/aromatic N) is 4. The minimum absolute atomic E-state index is 0.0191. The molecule has 0 atom stereocenters. The van der Waals surface area contributed by atoms with Crippen molar-refractivity contribution >= 4 is 79.0 Å². The molecule has 0 saturated carbocycles. The van der Waals surface area contributed by atoms with E-state index in [4.69, 9.17) is 42.7 Å². The number of hydrogen-bond donors (Lipinski definition) is 4. The number of fused-ring (bicyclic) bond motifs is 6. The van der Waals surface area contributed by atoms with Crippen LogP contribution in [0.3, 0.4) is 0 Å². The molecule has 19 heteroatoms. The average molecular weight is 913 g/mol. The van der Waals surface area contributed by atoms with Crippen molar-refractivity contribution in [3.63, 3.8) is 0 Å². The molecule has 0 amide bonds. The number of carbonyl (C=O) groups is 4. The molecule has 0 radical (unpaired) electrons. The molecule has 1 saturated heterocycles. The van der Waals surface area contributed by atoms with Gasteiger partial charge >= 0.3 is 23.9 Å². The fourth-order valence-corrected chi connectivity index (χ4v) is 7.81. The lowest BCUT2D eigenvalue weighted by Gasteiger charge is -2.35. The molecule has 1 aliphatic heterocycles. The van der Waals surface area contributed by atoms with Gasteiger partial charge in [-0.2, -0.15) is 0 Å². The van der Waals surface area contributed by atoms with E-state index in [-0.39, 0.29) is 62.3 Å². The fourth-order valence-electron chi connectivity index (χ4n) is 7.81. The van der Waals surface area contributed by atoms with E-state index in [9.17, 15) is 39.6 Å². The van der Waals surface area contributed by atoms with Crippen LogP contribution in [0.15, 0.2) is 93.8 Å². The number of ether oxygens (including phenoxy) is 3. The van der Waals surface area contributed by atoms with Gasteiger partial charge in [-0.15, -0.1) is 10.3 Å². The van der Waals surface area contributed by atoms with E-state index in [2.05, 4.69) is 0 Å². The number of aryl methyl sites for hydroxylation is 2. The van der Waals surface area contributed by atoms with Gasteiger partial charge in [0, 0.05) is 56.2 Å². The highest BCUT2D eigenvalue weighted by molar-refractivity contribution is 6.13. The summed E-state index contributed by atoms with van der Waals surface area (Å²) in [7, 11) is 0. The maximum absolute atomic E-state index is 12.1. The Kier molecular flexibility index (Phi) is 12.2. The van der Waals surface area contributed by atoms with Crippen molar-refractivity contribution in [3.05, 3.63) is 119 Å². The third-order valence-electron chi connectivity index (χ3n) is 10.9. The largest absolute Gasteiger partial charge is 0.478 e. The summed E-state index contributed by atoms with van der Waals surface area (Å²) in [6.45, 7) is 5.09. The third-order valence-corrected chi connectivity index (χ3v) is 10.9. The zero-order valence-corrected chi connectivity index (χ0v) is 35.8. The quantitative estimate of drug-likeness (QED) is 0.112. The van der Waals surface area contributed by atoms with Crippen molar-refractivity contribution in [1.29, 1.82) is 0 Å². The van der Waals surface area contributed by atoms with Crippen molar-refractivity contribution in [2.24, 2.45) is 0 Å². The zero-order chi connectivity index (χ0) is 46.9. The van der Waals surface area contributed by atoms with Crippen LogP contribution in [0.2, 0.25) is 0 Å². The van der Waals surface area contributed by atoms with Crippen molar-refractivity contribution in [3.8, 4) is 22.6 Å². The van der Waals surface area contributed by atoms with E-state index in [0.29, 0.717) is 90.8 Å². The van der Waals surface area contributed by atoms with Crippen molar-refractivity contribution in [1.82, 2.24) is 9.97 Å². The number of carboxylic acids is 4. The lowest BCUT2D eigenvalue weighted by Crippen LogP contribution is -2.45. The molecule has 4 N–H and O–H groups in total. The van der Waals surface area contributed by atoms with Crippen LogP contribution >= 0.6 is 0 Å². The lowest BCUT2D eigenvalue weighted by atomic mass is 10.0. The second kappa shape index (κ2) is 18.5. The van der Waals surface area contributed by atoms with Crippen molar-refractivity contribution in [2.45, 2.75) is 13.8 Å². The Morgan fingerprint density at radius 2 is 0.821 bits per heavy atom. The van der Waals surface area contributed by atoms with Crippen LogP contribution in [0.5, 0.6) is 0 Å². The van der Waals surface area contributed by atoms with Gasteiger partial charge in [-0.1, -0.05) is 24.3 Å². The van der Waals surface area contributed by atoms with Crippen LogP contribution in [0, 0.1) is 13.8 Å². The predicted octanol–water partition coefficient (Wildman–Crippen LogP) is 8.17. The van der Waals surface area contributed by atoms with Crippen molar-refractivity contribution < 1.29 is 72.3 Å². The summed E-state index contributed by atoms with van der Waals surface area (Å²) < 4.78 is 30.2. The lowest BCUT2D eigenvalue weighted by molar-refractivity contribution is -0.0322. The molecule has 67 heavy (non-hydrogen) atoms. The van der Waals surface area contributed by atoms with Crippen LogP contribution in [-0.2, 0) is 23.9 Å². The highest BCUT2D eigenvalue weighted by Gasteiger charge is 2.30. The van der Waals surface area contributed by atoms with Crippen molar-refractivity contribution in [2.75, 3.05) is 63.2 Å². The minimum atomic E-state index is -1.41. The van der Waals surface area contributed by atoms with Gasteiger partial charge in [-0.05, 0) is 62.4 Å². The molecular weight excluding hydrogens is 873 g/mol. The summed E-state index contributed by atoms with van der Waals surface area (Å²) in [4.78, 5) is 71.2. The van der Waals surface area contributed by atoms with Crippen LogP contribution < -0.4 is 10.3 Å². The van der Waals surface area contributed by atoms with Gasteiger partial charge in [0.25, 0.3) is 0 Å². The number of benzene rings is 4. The number of furan rings is 2. The first-order valence-electron chi connectivity index (χ1n) is 20.9. The van der Waals surface area contributed by atoms with Gasteiger partial charge in [0.1, 0.15) is 47.3 Å². The first-order valence-corrected chi connectivity index (χ1v) is 20.9. The Bertz CT molecular complexity index is 3050. The second-order valence-corrected chi connectivity index (χ2v) is 15.3. The molecule has 0 bridgehead atoms. The molecule has 4 aromatic heterocycles. The second-order valence-electron chi connectivity index (χ2n) is 15.3. The third kappa shape index (κ3) is 8.79. The highest BCUT2D eigenvalue weighted by atomic mass is 16.8. The number of anilines is 2. The summed E-state index contributed by atoms with van der Waals surface area (Å²) in [6, 6.07) is 22.1. The SMILES string of the molecule is Cc1ccc2c(n1)c(N1OCCOCCOCCOCCON1c1cc3oc(-c4ccc(C(=O)O)c(C(=O)O)c4)cc3c3ccc(C)nc13)cc1oc(-c3ccc(C(=O)O)c(C(=O)O)c3)cc12. The van der Waals surface area contributed by atoms with Gasteiger partial charge in [0.2, 0.25) is 0 Å². The van der Waals surface area contributed by atoms with Gasteiger partial charge < -0.3 is 43.5 Å². The molecule has 4 aromatic carbocycles. The van der Waals surface area contributed by atoms with Gasteiger partial charge in [0.15, 0.2) is 0 Å². The number of rotatable bonds is 8. The van der Waals surface area contributed by atoms with E-state index in [1.54, 1.807) is 24.3 Å². The van der Waals surface area contributed by atoms with Gasteiger partial charge in [-0.3, -0.25) is 9.97 Å². The van der Waals surface area contributed by atoms with Crippen LogP contribution in [-0.4, -0.2) is 107 Å². The van der Waals surface area contributed by atoms with E-state index in [1.165, 1.54) is 46.7 Å². The fraction of sp³-hybridized carbons (Fsp3) is 0.208. The number of aromatic carboxylic acids is 4. The van der Waals surface area contributed by atoms with E-state index in [0.717, 1.165) is 0 Å². The average Bonchev–Trinajstić information content (AvgIpc) is 3.94. The summed E-state index contributed by atoms with van der Waals surface area (Å²) in [5.41, 5.74) is 2.59. The number of carboxylic acid groups (broad SMARTS) is 4. The molecular formula is C48H40N4O15. The van der Waals surface area contributed by atoms with Crippen LogP contribution in [0.25, 0.3) is 66.4 Å². The first-order chi connectivity index (χ1) is 32.4. The van der Waals surface area contributed by atoms with E-state index in [1.807, 2.05) is 38.1 Å². The predicted molar refractivity (Wildman–Crippen MR) is 241 cm³/mol. The zero-order valence-electron chi connectivity index (χ0n) is 35.8. The molecule has 0 unspecified atom stereocenters. The molecule has 5 heterocycles. The van der Waals surface area contributed by atoms with E-state index >= 15 is 0 Å². The standard InChI is InChI=1S/C48H40N4O15/c1-25-3-7-29-33-21-39(27-5-9-31(45(53)54)35(19-27)47(57)58)66-41(33)23-37(43(29)49-25)51-52(65-18-16-63-14-12-61-11-13-62-15-17-64-51)38-24-42-34(30-8-4-26(2)50-44(30)38)22-40(67-42)28-6-10-32(46(55)56)36(20-28)48(59)60/h3-10,19-24H,11-18H2,1-2H3,(H,53,54)(H,55,56)(H,57,58)(H,59,60). The molecule has 0 spiro atoms. The Labute approximate surface area is 378 Å². The van der Waals surface area contributed by atoms with Gasteiger partial charge in [0.05, 0.1) is 72.9 Å². The normalized spacial score (nSPS) is 14.7. The number of pyridine rings is 2. The number of hydrazine groups is 1. The topological polar surface area (TPSA) is 254 Å². The number of aromatic nitrogens is 2. The summed E-state index contributed by atoms with van der Waals surface area (Å²) in [6.07, 6.45) is 0. The monoisotopic (exact) mass is 912 g/mol. The maximum Gasteiger partial charge on any atom is 0.336 e. The molecule has 8 aromatic rings. The highest BCUT2D eigenvalue weighted by Crippen LogP contribution is 2.43. The Morgan fingerprint density at radius 1 is 0.448 bits per heavy atom. The maximum atomic E-state index is 12.1. The Morgan fingerprint density at radius 3 is 1.19 bits per heavy atom. The molecule has 0 aliphatic carbocycles. The summed E-state index contributed by atoms with van der Waals surface area (Å²) >= 11 is 0. The Hall–Kier alpha value is -7.94. The smallest absolute Gasteiger partial charge is 0.336 e. The van der Waals surface area contributed by atoms with E-state index < -0.39 is 35.0 Å². The van der Waals surface area contributed by atoms with Crippen LogP contribution in [0.4, 0.5) is 11.4 Å². The Balaban J connectivity index is 1.25. The minimum Gasteiger partial charge on any atom is -0.478 e. The first kappa shape index (κ1) is 44.3. The number of hydrogen-bond acceptors (Lipinski definition) is 15. The molecule has 9 rings (SSSR count). The summed E-state index contributed by atoms with van der Waals surface area (Å²) in [5.74, 6) is -5.09. The molecule has 1 fully saturated rings. The molecule has 342 valence electrons. The molecule has 19 nitrogen and oxygen atoms in total. The van der Waals surface area contributed by atoms with Crippen LogP contribution in [0.1, 0.15) is 52.8 Å². The molecule has 1 aliphatic rings. The van der Waals surface area contributed by atoms with Gasteiger partial charge in [-0.25, -0.2) is 28.9 Å². The summed E-state index contributed by atoms with van der Waals surface area (Å²) in [5, 5.41) is 44.3.